The number of likely N-dealkylation sites (tertiary alicyclic amines) is 1. The predicted octanol–water partition coefficient (Wildman–Crippen LogP) is 4.09. The molecule has 1 unspecified atom stereocenters. The summed E-state index contributed by atoms with van der Waals surface area (Å²) in [6.07, 6.45) is -1.80. The minimum atomic E-state index is -4.36. The third-order valence-corrected chi connectivity index (χ3v) is 7.04. The van der Waals surface area contributed by atoms with Crippen LogP contribution in [0.25, 0.3) is 11.1 Å². The number of piperidine rings is 1. The van der Waals surface area contributed by atoms with Gasteiger partial charge in [0, 0.05) is 45.8 Å². The van der Waals surface area contributed by atoms with E-state index >= 15 is 0 Å². The van der Waals surface area contributed by atoms with Crippen LogP contribution in [0, 0.1) is 0 Å². The Morgan fingerprint density at radius 2 is 1.64 bits per heavy atom. The molecule has 2 aromatic rings. The molecule has 36 heavy (non-hydrogen) atoms. The number of ether oxygens (including phenoxy) is 1. The van der Waals surface area contributed by atoms with Gasteiger partial charge in [-0.05, 0) is 48.1 Å². The number of methoxy groups -OCH3 is 1. The minimum absolute atomic E-state index is 0.0528. The maximum atomic E-state index is 13.4. The first-order valence-electron chi connectivity index (χ1n) is 12.3. The molecule has 2 aliphatic heterocycles. The molecule has 2 saturated heterocycles. The van der Waals surface area contributed by atoms with Crippen molar-refractivity contribution in [3.63, 3.8) is 0 Å². The van der Waals surface area contributed by atoms with Gasteiger partial charge in [0.25, 0.3) is 0 Å². The van der Waals surface area contributed by atoms with E-state index in [1.807, 2.05) is 29.2 Å². The van der Waals surface area contributed by atoms with E-state index in [9.17, 15) is 22.8 Å². The van der Waals surface area contributed by atoms with Crippen LogP contribution >= 0.6 is 0 Å². The van der Waals surface area contributed by atoms with Crippen LogP contribution in [0.2, 0.25) is 0 Å². The van der Waals surface area contributed by atoms with Gasteiger partial charge in [-0.3, -0.25) is 9.59 Å². The van der Waals surface area contributed by atoms with Crippen LogP contribution in [0.15, 0.2) is 48.5 Å². The summed E-state index contributed by atoms with van der Waals surface area (Å²) in [6, 6.07) is 12.2. The number of nitrogens with one attached hydrogen (secondary N) is 1. The van der Waals surface area contributed by atoms with Crippen molar-refractivity contribution in [3.05, 3.63) is 59.7 Å². The summed E-state index contributed by atoms with van der Waals surface area (Å²) < 4.78 is 43.8. The van der Waals surface area contributed by atoms with Gasteiger partial charge in [0.1, 0.15) is 6.04 Å². The molecule has 2 aliphatic rings. The number of nitrogens with zero attached hydrogens (tertiary/aromatic N) is 2. The monoisotopic (exact) mass is 503 g/mol. The second-order valence-electron chi connectivity index (χ2n) is 9.46. The smallest absolute Gasteiger partial charge is 0.383 e. The van der Waals surface area contributed by atoms with E-state index in [1.54, 1.807) is 7.11 Å². The van der Waals surface area contributed by atoms with E-state index in [2.05, 4.69) is 10.2 Å². The van der Waals surface area contributed by atoms with Gasteiger partial charge in [-0.1, -0.05) is 36.4 Å². The van der Waals surface area contributed by atoms with E-state index in [1.165, 1.54) is 12.1 Å². The summed E-state index contributed by atoms with van der Waals surface area (Å²) in [4.78, 5) is 29.4. The summed E-state index contributed by atoms with van der Waals surface area (Å²) in [6.45, 7) is 3.71. The zero-order valence-corrected chi connectivity index (χ0v) is 20.4. The predicted molar refractivity (Wildman–Crippen MR) is 130 cm³/mol. The lowest BCUT2D eigenvalue weighted by Crippen LogP contribution is -2.52. The van der Waals surface area contributed by atoms with Gasteiger partial charge in [-0.15, -0.1) is 0 Å². The number of carbonyl (C=O) groups is 2. The van der Waals surface area contributed by atoms with Gasteiger partial charge >= 0.3 is 6.18 Å². The average Bonchev–Trinajstić information content (AvgIpc) is 3.32. The second-order valence-corrected chi connectivity index (χ2v) is 9.46. The molecular weight excluding hydrogens is 471 g/mol. The Kier molecular flexibility index (Phi) is 8.31. The van der Waals surface area contributed by atoms with Crippen LogP contribution in [0.4, 0.5) is 13.2 Å². The molecule has 0 aromatic heterocycles. The lowest BCUT2D eigenvalue weighted by Gasteiger charge is -2.39. The molecule has 2 fully saturated rings. The van der Waals surface area contributed by atoms with E-state index < -0.39 is 17.8 Å². The molecule has 0 saturated carbocycles. The molecule has 2 amide bonds. The highest BCUT2D eigenvalue weighted by Gasteiger charge is 2.35. The highest BCUT2D eigenvalue weighted by Crippen LogP contribution is 2.31. The van der Waals surface area contributed by atoms with Crippen LogP contribution in [-0.2, 0) is 27.0 Å². The number of benzene rings is 2. The molecule has 194 valence electrons. The average molecular weight is 504 g/mol. The molecule has 2 heterocycles. The number of alkyl halides is 3. The molecule has 6 nitrogen and oxygen atoms in total. The number of rotatable bonds is 8. The Balaban J connectivity index is 1.46. The lowest BCUT2D eigenvalue weighted by molar-refractivity contribution is -0.138. The molecule has 0 spiro atoms. The normalized spacial score (nSPS) is 19.3. The first-order chi connectivity index (χ1) is 17.2. The minimum Gasteiger partial charge on any atom is -0.383 e. The van der Waals surface area contributed by atoms with E-state index in [4.69, 9.17) is 4.74 Å². The standard InChI is InChI=1S/C27H32F3N3O3/c1-36-17-16-32-14-12-23(13-15-32)33(26(35)24-10-11-25(34)31-24)18-19-2-4-20(5-3-19)21-6-8-22(9-7-21)27(28,29)30/h2-9,23-24H,10-18H2,1H3,(H,31,34). The number of amides is 2. The molecule has 1 N–H and O–H groups in total. The van der Waals surface area contributed by atoms with Crippen LogP contribution in [-0.4, -0.2) is 67.0 Å². The van der Waals surface area contributed by atoms with Crippen molar-refractivity contribution in [1.82, 2.24) is 15.1 Å². The summed E-state index contributed by atoms with van der Waals surface area (Å²) >= 11 is 0. The highest BCUT2D eigenvalue weighted by molar-refractivity contribution is 5.91. The van der Waals surface area contributed by atoms with Gasteiger partial charge in [-0.25, -0.2) is 0 Å². The van der Waals surface area contributed by atoms with Gasteiger partial charge in [0.2, 0.25) is 11.8 Å². The Morgan fingerprint density at radius 1 is 1.03 bits per heavy atom. The second kappa shape index (κ2) is 11.4. The van der Waals surface area contributed by atoms with Crippen molar-refractivity contribution in [2.45, 2.75) is 50.5 Å². The van der Waals surface area contributed by atoms with E-state index in [-0.39, 0.29) is 17.9 Å². The van der Waals surface area contributed by atoms with Crippen LogP contribution < -0.4 is 5.32 Å². The van der Waals surface area contributed by atoms with Crippen molar-refractivity contribution in [2.75, 3.05) is 33.4 Å². The Morgan fingerprint density at radius 3 is 2.17 bits per heavy atom. The van der Waals surface area contributed by atoms with E-state index in [0.717, 1.165) is 55.7 Å². The van der Waals surface area contributed by atoms with E-state index in [0.29, 0.717) is 31.6 Å². The van der Waals surface area contributed by atoms with Gasteiger partial charge < -0.3 is 19.9 Å². The lowest BCUT2D eigenvalue weighted by atomic mass is 9.99. The summed E-state index contributed by atoms with van der Waals surface area (Å²) in [7, 11) is 1.69. The third kappa shape index (κ3) is 6.44. The van der Waals surface area contributed by atoms with Crippen molar-refractivity contribution in [3.8, 4) is 11.1 Å². The van der Waals surface area contributed by atoms with Crippen LogP contribution in [0.1, 0.15) is 36.8 Å². The van der Waals surface area contributed by atoms with Crippen molar-refractivity contribution >= 4 is 11.8 Å². The largest absolute Gasteiger partial charge is 0.416 e. The maximum absolute atomic E-state index is 13.4. The van der Waals surface area contributed by atoms with Crippen LogP contribution in [0.5, 0.6) is 0 Å². The first-order valence-corrected chi connectivity index (χ1v) is 12.3. The first kappa shape index (κ1) is 26.2. The van der Waals surface area contributed by atoms with Crippen LogP contribution in [0.3, 0.4) is 0 Å². The zero-order valence-electron chi connectivity index (χ0n) is 20.4. The van der Waals surface area contributed by atoms with Gasteiger partial charge in [-0.2, -0.15) is 13.2 Å². The fourth-order valence-electron chi connectivity index (χ4n) is 4.91. The van der Waals surface area contributed by atoms with Crippen molar-refractivity contribution < 1.29 is 27.5 Å². The van der Waals surface area contributed by atoms with Gasteiger partial charge in [0.05, 0.1) is 12.2 Å². The molecule has 2 aromatic carbocycles. The Hall–Kier alpha value is -2.91. The van der Waals surface area contributed by atoms with Crippen molar-refractivity contribution in [2.24, 2.45) is 0 Å². The summed E-state index contributed by atoms with van der Waals surface area (Å²) in [5.74, 6) is -0.147. The zero-order chi connectivity index (χ0) is 25.7. The summed E-state index contributed by atoms with van der Waals surface area (Å²) in [5, 5.41) is 2.80. The fraction of sp³-hybridized carbons (Fsp3) is 0.481. The highest BCUT2D eigenvalue weighted by atomic mass is 19.4. The molecule has 4 rings (SSSR count). The topological polar surface area (TPSA) is 61.9 Å². The Bertz CT molecular complexity index is 1030. The molecular formula is C27H32F3N3O3. The Labute approximate surface area is 209 Å². The number of halogens is 3. The molecule has 0 bridgehead atoms. The molecule has 0 aliphatic carbocycles. The molecule has 9 heteroatoms. The third-order valence-electron chi connectivity index (χ3n) is 7.04. The maximum Gasteiger partial charge on any atom is 0.416 e. The fourth-order valence-corrected chi connectivity index (χ4v) is 4.91. The van der Waals surface area contributed by atoms with Gasteiger partial charge in [0.15, 0.2) is 0 Å². The molecule has 1 atom stereocenters. The molecule has 0 radical (unpaired) electrons. The number of hydrogen-bond acceptors (Lipinski definition) is 4. The van der Waals surface area contributed by atoms with Crippen molar-refractivity contribution in [1.29, 1.82) is 0 Å². The number of hydrogen-bond donors (Lipinski definition) is 1. The summed E-state index contributed by atoms with van der Waals surface area (Å²) in [5.41, 5.74) is 1.76. The quantitative estimate of drug-likeness (QED) is 0.590. The number of carbonyl (C=O) groups excluding carboxylic acids is 2. The SMILES string of the molecule is COCCN1CCC(N(Cc2ccc(-c3ccc(C(F)(F)F)cc3)cc2)C(=O)C2CCC(=O)N2)CC1.